The Hall–Kier alpha value is -3.41. The van der Waals surface area contributed by atoms with Gasteiger partial charge in [-0.1, -0.05) is 43.3 Å². The Morgan fingerprint density at radius 1 is 1.03 bits per heavy atom. The van der Waals surface area contributed by atoms with Crippen molar-refractivity contribution in [3.63, 3.8) is 0 Å². The van der Waals surface area contributed by atoms with Gasteiger partial charge in [-0.2, -0.15) is 5.10 Å². The zero-order valence-corrected chi connectivity index (χ0v) is 18.6. The average molecular weight is 429 g/mol. The molecule has 5 rings (SSSR count). The number of anilines is 2. The number of carbonyl (C=O) groups is 1. The zero-order chi connectivity index (χ0) is 22.2. The van der Waals surface area contributed by atoms with Crippen molar-refractivity contribution in [1.29, 1.82) is 0 Å². The molecule has 6 heteroatoms. The molecule has 0 unspecified atom stereocenters. The number of piperidine rings is 1. The van der Waals surface area contributed by atoms with E-state index in [2.05, 4.69) is 42.4 Å². The summed E-state index contributed by atoms with van der Waals surface area (Å²) in [7, 11) is 1.64. The van der Waals surface area contributed by atoms with Crippen LogP contribution in [0.25, 0.3) is 11.1 Å². The summed E-state index contributed by atoms with van der Waals surface area (Å²) in [6.45, 7) is 3.82. The van der Waals surface area contributed by atoms with Gasteiger partial charge < -0.3 is 9.80 Å². The first-order valence-corrected chi connectivity index (χ1v) is 11.3. The van der Waals surface area contributed by atoms with Crippen molar-refractivity contribution in [3.05, 3.63) is 76.6 Å². The molecule has 0 bridgehead atoms. The molecular formula is C26H28N4O2. The van der Waals surface area contributed by atoms with E-state index in [-0.39, 0.29) is 17.5 Å². The number of benzene rings is 2. The van der Waals surface area contributed by atoms with Crippen LogP contribution in [0.3, 0.4) is 0 Å². The number of amides is 1. The Kier molecular flexibility index (Phi) is 5.29. The van der Waals surface area contributed by atoms with E-state index >= 15 is 0 Å². The number of hydrogen-bond donors (Lipinski definition) is 0. The molecule has 0 spiro atoms. The van der Waals surface area contributed by atoms with Gasteiger partial charge in [0.15, 0.2) is 5.82 Å². The Balaban J connectivity index is 1.56. The van der Waals surface area contributed by atoms with Gasteiger partial charge >= 0.3 is 0 Å². The maximum Gasteiger partial charge on any atom is 0.266 e. The standard InChI is InChI=1S/C26H28N4O2/c1-18-7-6-14-29(17-18)26(32)23-16-21-15-20(19-8-4-3-5-9-19)10-11-22(21)30(23)24-12-13-25(31)28(2)27-24/h3-5,8-13,15,18,23H,6-7,14,16-17H2,1-2H3/t18-,23-/m0/s1. The Bertz CT molecular complexity index is 1200. The van der Waals surface area contributed by atoms with E-state index in [0.29, 0.717) is 18.2 Å². The van der Waals surface area contributed by atoms with Crippen LogP contribution in [-0.4, -0.2) is 39.7 Å². The summed E-state index contributed by atoms with van der Waals surface area (Å²) in [4.78, 5) is 29.7. The quantitative estimate of drug-likeness (QED) is 0.637. The van der Waals surface area contributed by atoms with Crippen molar-refractivity contribution < 1.29 is 4.79 Å². The summed E-state index contributed by atoms with van der Waals surface area (Å²) in [6, 6.07) is 19.5. The molecule has 3 heterocycles. The molecule has 1 amide bonds. The fourth-order valence-electron chi connectivity index (χ4n) is 4.96. The van der Waals surface area contributed by atoms with Gasteiger partial charge in [-0.3, -0.25) is 9.59 Å². The summed E-state index contributed by atoms with van der Waals surface area (Å²) >= 11 is 0. The Labute approximate surface area is 188 Å². The van der Waals surface area contributed by atoms with Crippen molar-refractivity contribution in [2.45, 2.75) is 32.2 Å². The minimum atomic E-state index is -0.355. The smallest absolute Gasteiger partial charge is 0.266 e. The molecule has 6 nitrogen and oxygen atoms in total. The largest absolute Gasteiger partial charge is 0.341 e. The highest BCUT2D eigenvalue weighted by Gasteiger charge is 2.39. The third-order valence-electron chi connectivity index (χ3n) is 6.62. The number of rotatable bonds is 3. The van der Waals surface area contributed by atoms with E-state index in [9.17, 15) is 9.59 Å². The number of hydrogen-bond acceptors (Lipinski definition) is 4. The van der Waals surface area contributed by atoms with E-state index in [1.807, 2.05) is 28.0 Å². The third-order valence-corrected chi connectivity index (χ3v) is 6.62. The first kappa shape index (κ1) is 20.5. The second kappa shape index (κ2) is 8.26. The van der Waals surface area contributed by atoms with Crippen LogP contribution in [0.5, 0.6) is 0 Å². The molecule has 2 aromatic carbocycles. The van der Waals surface area contributed by atoms with Gasteiger partial charge in [0.2, 0.25) is 5.91 Å². The monoisotopic (exact) mass is 428 g/mol. The normalized spacial score (nSPS) is 20.3. The molecule has 0 N–H and O–H groups in total. The van der Waals surface area contributed by atoms with Crippen LogP contribution < -0.4 is 10.5 Å². The lowest BCUT2D eigenvalue weighted by Crippen LogP contribution is -2.49. The van der Waals surface area contributed by atoms with Crippen LogP contribution in [0.15, 0.2) is 65.5 Å². The van der Waals surface area contributed by atoms with Gasteiger partial charge in [0.25, 0.3) is 5.56 Å². The molecule has 1 saturated heterocycles. The van der Waals surface area contributed by atoms with E-state index in [1.54, 1.807) is 13.1 Å². The van der Waals surface area contributed by atoms with Gasteiger partial charge in [0.1, 0.15) is 6.04 Å². The number of nitrogens with zero attached hydrogens (tertiary/aromatic N) is 4. The molecule has 2 aliphatic rings. The minimum absolute atomic E-state index is 0.143. The van der Waals surface area contributed by atoms with Crippen LogP contribution in [0.4, 0.5) is 11.5 Å². The summed E-state index contributed by atoms with van der Waals surface area (Å²) in [5.41, 5.74) is 4.24. The molecule has 0 radical (unpaired) electrons. The van der Waals surface area contributed by atoms with E-state index in [4.69, 9.17) is 0 Å². The van der Waals surface area contributed by atoms with E-state index < -0.39 is 0 Å². The molecule has 2 atom stereocenters. The van der Waals surface area contributed by atoms with E-state index in [1.165, 1.54) is 17.2 Å². The minimum Gasteiger partial charge on any atom is -0.341 e. The summed E-state index contributed by atoms with van der Waals surface area (Å²) in [6.07, 6.45) is 2.84. The van der Waals surface area contributed by atoms with Crippen LogP contribution in [-0.2, 0) is 18.3 Å². The van der Waals surface area contributed by atoms with Gasteiger partial charge in [0.05, 0.1) is 0 Å². The molecule has 0 saturated carbocycles. The van der Waals surface area contributed by atoms with Crippen molar-refractivity contribution in [3.8, 4) is 11.1 Å². The highest BCUT2D eigenvalue weighted by Crippen LogP contribution is 2.40. The number of fused-ring (bicyclic) bond motifs is 1. The molecular weight excluding hydrogens is 400 g/mol. The Morgan fingerprint density at radius 3 is 2.59 bits per heavy atom. The number of carbonyl (C=O) groups excluding carboxylic acids is 1. The summed E-state index contributed by atoms with van der Waals surface area (Å²) in [5.74, 6) is 1.29. The topological polar surface area (TPSA) is 58.4 Å². The molecule has 1 aromatic heterocycles. The van der Waals surface area contributed by atoms with Gasteiger partial charge in [0, 0.05) is 38.3 Å². The molecule has 0 aliphatic carbocycles. The first-order chi connectivity index (χ1) is 15.5. The molecule has 2 aliphatic heterocycles. The maximum absolute atomic E-state index is 13.7. The predicted molar refractivity (Wildman–Crippen MR) is 126 cm³/mol. The summed E-state index contributed by atoms with van der Waals surface area (Å²) in [5, 5.41) is 4.49. The van der Waals surface area contributed by atoms with Gasteiger partial charge in [-0.15, -0.1) is 0 Å². The summed E-state index contributed by atoms with van der Waals surface area (Å²) < 4.78 is 1.33. The van der Waals surface area contributed by atoms with Crippen molar-refractivity contribution in [2.24, 2.45) is 13.0 Å². The van der Waals surface area contributed by atoms with Crippen LogP contribution >= 0.6 is 0 Å². The van der Waals surface area contributed by atoms with Gasteiger partial charge in [-0.25, -0.2) is 4.68 Å². The third kappa shape index (κ3) is 3.70. The first-order valence-electron chi connectivity index (χ1n) is 11.3. The number of aromatic nitrogens is 2. The lowest BCUT2D eigenvalue weighted by atomic mass is 9.98. The predicted octanol–water partition coefficient (Wildman–Crippen LogP) is 3.77. The highest BCUT2D eigenvalue weighted by molar-refractivity contribution is 5.91. The maximum atomic E-state index is 13.7. The van der Waals surface area contributed by atoms with Crippen molar-refractivity contribution >= 4 is 17.4 Å². The van der Waals surface area contributed by atoms with Crippen molar-refractivity contribution in [1.82, 2.24) is 14.7 Å². The zero-order valence-electron chi connectivity index (χ0n) is 18.6. The fraction of sp³-hybridized carbons (Fsp3) is 0.346. The second-order valence-corrected chi connectivity index (χ2v) is 8.98. The van der Waals surface area contributed by atoms with Crippen LogP contribution in [0.1, 0.15) is 25.3 Å². The van der Waals surface area contributed by atoms with Crippen LogP contribution in [0.2, 0.25) is 0 Å². The van der Waals surface area contributed by atoms with Crippen molar-refractivity contribution in [2.75, 3.05) is 18.0 Å². The average Bonchev–Trinajstić information content (AvgIpc) is 3.19. The number of aryl methyl sites for hydroxylation is 1. The number of likely N-dealkylation sites (tertiary alicyclic amines) is 1. The molecule has 3 aromatic rings. The van der Waals surface area contributed by atoms with Gasteiger partial charge in [-0.05, 0) is 53.6 Å². The fourth-order valence-corrected chi connectivity index (χ4v) is 4.96. The molecule has 1 fully saturated rings. The molecule has 32 heavy (non-hydrogen) atoms. The Morgan fingerprint density at radius 2 is 1.84 bits per heavy atom. The molecule has 164 valence electrons. The SMILES string of the molecule is C[C@H]1CCCN(C(=O)[C@@H]2Cc3cc(-c4ccccc4)ccc3N2c2ccc(=O)n(C)n2)C1. The lowest BCUT2D eigenvalue weighted by Gasteiger charge is -2.35. The lowest BCUT2D eigenvalue weighted by molar-refractivity contribution is -0.134. The van der Waals surface area contributed by atoms with Crippen LogP contribution in [0, 0.1) is 5.92 Å². The second-order valence-electron chi connectivity index (χ2n) is 8.98. The highest BCUT2D eigenvalue weighted by atomic mass is 16.2. The van der Waals surface area contributed by atoms with E-state index in [0.717, 1.165) is 41.9 Å².